The standard InChI is InChI=1S/C16H21F3N2O2/c1-21-10-12(6-7-14(21)16(17,18)19)20-15(22)9-11-4-3-5-13(8-11)23-2/h3-5,8,12,14H,6-7,9-10H2,1-2H3,(H,20,22). The van der Waals surface area contributed by atoms with Crippen LogP contribution in [0.3, 0.4) is 0 Å². The lowest BCUT2D eigenvalue weighted by Gasteiger charge is -2.38. The van der Waals surface area contributed by atoms with Crippen molar-refractivity contribution in [3.63, 3.8) is 0 Å². The van der Waals surface area contributed by atoms with Crippen molar-refractivity contribution in [1.29, 1.82) is 0 Å². The van der Waals surface area contributed by atoms with Crippen LogP contribution in [0.25, 0.3) is 0 Å². The van der Waals surface area contributed by atoms with Crippen molar-refractivity contribution in [2.24, 2.45) is 0 Å². The van der Waals surface area contributed by atoms with Gasteiger partial charge in [-0.15, -0.1) is 0 Å². The topological polar surface area (TPSA) is 41.6 Å². The Balaban J connectivity index is 1.87. The number of carbonyl (C=O) groups excluding carboxylic acids is 1. The molecule has 128 valence electrons. The monoisotopic (exact) mass is 330 g/mol. The molecule has 1 saturated heterocycles. The van der Waals surface area contributed by atoms with E-state index in [1.165, 1.54) is 11.9 Å². The van der Waals surface area contributed by atoms with Crippen molar-refractivity contribution in [2.75, 3.05) is 20.7 Å². The van der Waals surface area contributed by atoms with Crippen LogP contribution in [0.1, 0.15) is 18.4 Å². The Morgan fingerprint density at radius 3 is 2.74 bits per heavy atom. The number of alkyl halides is 3. The molecule has 1 aliphatic heterocycles. The van der Waals surface area contributed by atoms with Gasteiger partial charge in [0.05, 0.1) is 13.5 Å². The number of benzene rings is 1. The average Bonchev–Trinajstić information content (AvgIpc) is 2.46. The van der Waals surface area contributed by atoms with Crippen LogP contribution in [0.4, 0.5) is 13.2 Å². The summed E-state index contributed by atoms with van der Waals surface area (Å²) >= 11 is 0. The molecule has 23 heavy (non-hydrogen) atoms. The second kappa shape index (κ2) is 7.21. The van der Waals surface area contributed by atoms with Crippen molar-refractivity contribution < 1.29 is 22.7 Å². The van der Waals surface area contributed by atoms with Gasteiger partial charge >= 0.3 is 6.18 Å². The molecule has 1 aliphatic rings. The summed E-state index contributed by atoms with van der Waals surface area (Å²) in [6.07, 6.45) is -3.70. The van der Waals surface area contributed by atoms with Crippen LogP contribution in [-0.4, -0.2) is 49.8 Å². The van der Waals surface area contributed by atoms with Gasteiger partial charge in [0.25, 0.3) is 0 Å². The number of hydrogen-bond donors (Lipinski definition) is 1. The third-order valence-electron chi connectivity index (χ3n) is 4.07. The van der Waals surface area contributed by atoms with Crippen molar-refractivity contribution in [1.82, 2.24) is 10.2 Å². The fourth-order valence-corrected chi connectivity index (χ4v) is 2.92. The van der Waals surface area contributed by atoms with E-state index < -0.39 is 12.2 Å². The first kappa shape index (κ1) is 17.6. The molecule has 2 atom stereocenters. The molecule has 1 N–H and O–H groups in total. The van der Waals surface area contributed by atoms with Gasteiger partial charge in [-0.25, -0.2) is 0 Å². The van der Waals surface area contributed by atoms with Crippen LogP contribution in [0.2, 0.25) is 0 Å². The minimum Gasteiger partial charge on any atom is -0.497 e. The zero-order valence-corrected chi connectivity index (χ0v) is 13.2. The van der Waals surface area contributed by atoms with E-state index in [0.717, 1.165) is 5.56 Å². The number of likely N-dealkylation sites (tertiary alicyclic amines) is 1. The number of hydrogen-bond acceptors (Lipinski definition) is 3. The Labute approximate surface area is 133 Å². The van der Waals surface area contributed by atoms with Crippen LogP contribution in [-0.2, 0) is 11.2 Å². The molecule has 1 amide bonds. The van der Waals surface area contributed by atoms with Gasteiger partial charge in [0, 0.05) is 12.6 Å². The highest BCUT2D eigenvalue weighted by atomic mass is 19.4. The number of likely N-dealkylation sites (N-methyl/N-ethyl adjacent to an activating group) is 1. The highest BCUT2D eigenvalue weighted by molar-refractivity contribution is 5.79. The summed E-state index contributed by atoms with van der Waals surface area (Å²) in [6, 6.07) is 5.49. The molecule has 2 unspecified atom stereocenters. The molecular weight excluding hydrogens is 309 g/mol. The Morgan fingerprint density at radius 2 is 2.13 bits per heavy atom. The molecule has 7 heteroatoms. The highest BCUT2D eigenvalue weighted by Crippen LogP contribution is 2.30. The van der Waals surface area contributed by atoms with Crippen molar-refractivity contribution in [3.8, 4) is 5.75 Å². The first-order chi connectivity index (χ1) is 10.8. The highest BCUT2D eigenvalue weighted by Gasteiger charge is 2.44. The van der Waals surface area contributed by atoms with E-state index in [1.54, 1.807) is 25.3 Å². The number of nitrogens with one attached hydrogen (secondary N) is 1. The first-order valence-electron chi connectivity index (χ1n) is 7.49. The van der Waals surface area contributed by atoms with E-state index in [9.17, 15) is 18.0 Å². The maximum absolute atomic E-state index is 12.8. The Bertz CT molecular complexity index is 548. The second-order valence-corrected chi connectivity index (χ2v) is 5.87. The van der Waals surface area contributed by atoms with Gasteiger partial charge in [-0.05, 0) is 37.6 Å². The fraction of sp³-hybridized carbons (Fsp3) is 0.562. The molecule has 0 spiro atoms. The lowest BCUT2D eigenvalue weighted by molar-refractivity contribution is -0.188. The Hall–Kier alpha value is -1.76. The minimum absolute atomic E-state index is 0.00407. The van der Waals surface area contributed by atoms with Gasteiger partial charge in [0.1, 0.15) is 11.8 Å². The summed E-state index contributed by atoms with van der Waals surface area (Å²) < 4.78 is 43.5. The molecule has 0 bridgehead atoms. The lowest BCUT2D eigenvalue weighted by Crippen LogP contribution is -2.54. The number of halogens is 3. The second-order valence-electron chi connectivity index (χ2n) is 5.87. The number of carbonyl (C=O) groups is 1. The van der Waals surface area contributed by atoms with E-state index in [4.69, 9.17) is 4.74 Å². The molecule has 2 rings (SSSR count). The fourth-order valence-electron chi connectivity index (χ4n) is 2.92. The third-order valence-corrected chi connectivity index (χ3v) is 4.07. The van der Waals surface area contributed by atoms with Gasteiger partial charge in [-0.1, -0.05) is 12.1 Å². The summed E-state index contributed by atoms with van der Waals surface area (Å²) in [7, 11) is 2.99. The number of rotatable bonds is 4. The van der Waals surface area contributed by atoms with Crippen LogP contribution >= 0.6 is 0 Å². The number of methoxy groups -OCH3 is 1. The van der Waals surface area contributed by atoms with E-state index in [1.807, 2.05) is 6.07 Å². The molecule has 1 aromatic rings. The minimum atomic E-state index is -4.22. The van der Waals surface area contributed by atoms with Gasteiger partial charge in [-0.3, -0.25) is 9.69 Å². The van der Waals surface area contributed by atoms with Crippen LogP contribution < -0.4 is 10.1 Å². The molecule has 0 aromatic heterocycles. The number of amides is 1. The summed E-state index contributed by atoms with van der Waals surface area (Å²) in [6.45, 7) is 0.202. The van der Waals surface area contributed by atoms with Gasteiger partial charge in [0.2, 0.25) is 5.91 Å². The Kier molecular flexibility index (Phi) is 5.51. The maximum Gasteiger partial charge on any atom is 0.404 e. The third kappa shape index (κ3) is 4.86. The van der Waals surface area contributed by atoms with Crippen molar-refractivity contribution in [2.45, 2.75) is 37.5 Å². The van der Waals surface area contributed by atoms with Gasteiger partial charge in [0.15, 0.2) is 0 Å². The SMILES string of the molecule is COc1cccc(CC(=O)NC2CCC(C(F)(F)F)N(C)C2)c1. The zero-order valence-electron chi connectivity index (χ0n) is 13.2. The molecule has 0 radical (unpaired) electrons. The van der Waals surface area contributed by atoms with Crippen molar-refractivity contribution >= 4 is 5.91 Å². The predicted octanol–water partition coefficient (Wildman–Crippen LogP) is 2.38. The van der Waals surface area contributed by atoms with Crippen molar-refractivity contribution in [3.05, 3.63) is 29.8 Å². The predicted molar refractivity (Wildman–Crippen MR) is 80.3 cm³/mol. The number of nitrogens with zero attached hydrogens (tertiary/aromatic N) is 1. The average molecular weight is 330 g/mol. The number of ether oxygens (including phenoxy) is 1. The summed E-state index contributed by atoms with van der Waals surface area (Å²) in [5, 5.41) is 2.82. The molecule has 0 aliphatic carbocycles. The lowest BCUT2D eigenvalue weighted by atomic mass is 9.98. The van der Waals surface area contributed by atoms with Gasteiger partial charge < -0.3 is 10.1 Å². The van der Waals surface area contributed by atoms with E-state index in [0.29, 0.717) is 12.2 Å². The molecular formula is C16H21F3N2O2. The van der Waals surface area contributed by atoms with Gasteiger partial charge in [-0.2, -0.15) is 13.2 Å². The first-order valence-corrected chi connectivity index (χ1v) is 7.49. The van der Waals surface area contributed by atoms with E-state index in [-0.39, 0.29) is 31.3 Å². The largest absolute Gasteiger partial charge is 0.497 e. The summed E-state index contributed by atoms with van der Waals surface area (Å²) in [4.78, 5) is 13.3. The molecule has 1 fully saturated rings. The molecule has 1 aromatic carbocycles. The zero-order chi connectivity index (χ0) is 17.0. The van der Waals surface area contributed by atoms with Crippen LogP contribution in [0.5, 0.6) is 5.75 Å². The molecule has 0 saturated carbocycles. The van der Waals surface area contributed by atoms with E-state index in [2.05, 4.69) is 5.32 Å². The van der Waals surface area contributed by atoms with Crippen LogP contribution in [0, 0.1) is 0 Å². The maximum atomic E-state index is 12.8. The van der Waals surface area contributed by atoms with Crippen LogP contribution in [0.15, 0.2) is 24.3 Å². The molecule has 4 nitrogen and oxygen atoms in total. The number of piperidine rings is 1. The van der Waals surface area contributed by atoms with E-state index >= 15 is 0 Å². The summed E-state index contributed by atoms with van der Waals surface area (Å²) in [5.41, 5.74) is 0.805. The normalized spacial score (nSPS) is 22.7. The summed E-state index contributed by atoms with van der Waals surface area (Å²) in [5.74, 6) is 0.475. The Morgan fingerprint density at radius 1 is 1.39 bits per heavy atom. The molecule has 1 heterocycles. The smallest absolute Gasteiger partial charge is 0.404 e. The quantitative estimate of drug-likeness (QED) is 0.922.